The molecule has 0 fully saturated rings. The minimum Gasteiger partial charge on any atom is -0.478 e. The van der Waals surface area contributed by atoms with Crippen molar-refractivity contribution in [2.24, 2.45) is 0 Å². The van der Waals surface area contributed by atoms with Gasteiger partial charge in [-0.1, -0.05) is 20.8 Å². The van der Waals surface area contributed by atoms with Crippen LogP contribution in [0.4, 0.5) is 10.1 Å². The largest absolute Gasteiger partial charge is 0.478 e. The number of thiazole rings is 1. The van der Waals surface area contributed by atoms with Gasteiger partial charge in [0.2, 0.25) is 0 Å². The van der Waals surface area contributed by atoms with E-state index < -0.39 is 17.7 Å². The molecule has 1 heterocycles. The summed E-state index contributed by atoms with van der Waals surface area (Å²) in [7, 11) is 0. The number of carbonyl (C=O) groups is 2. The van der Waals surface area contributed by atoms with Crippen LogP contribution in [0.2, 0.25) is 0 Å². The highest BCUT2D eigenvalue weighted by molar-refractivity contribution is 7.10. The van der Waals surface area contributed by atoms with Gasteiger partial charge in [-0.25, -0.2) is 14.2 Å². The van der Waals surface area contributed by atoms with E-state index in [2.05, 4.69) is 10.3 Å². The van der Waals surface area contributed by atoms with E-state index in [1.165, 1.54) is 11.3 Å². The van der Waals surface area contributed by atoms with Crippen LogP contribution in [-0.2, 0) is 5.41 Å². The van der Waals surface area contributed by atoms with E-state index in [1.807, 2.05) is 20.8 Å². The van der Waals surface area contributed by atoms with Crippen LogP contribution < -0.4 is 5.32 Å². The van der Waals surface area contributed by atoms with Crippen LogP contribution in [0.25, 0.3) is 0 Å². The fourth-order valence-corrected chi connectivity index (χ4v) is 2.55. The number of carboxylic acid groups (broad SMARTS) is 1. The first-order valence-corrected chi connectivity index (χ1v) is 7.36. The number of nitrogens with one attached hydrogen (secondary N) is 1. The van der Waals surface area contributed by atoms with Gasteiger partial charge in [-0.3, -0.25) is 4.79 Å². The Morgan fingerprint density at radius 1 is 1.32 bits per heavy atom. The predicted molar refractivity (Wildman–Crippen MR) is 82.1 cm³/mol. The van der Waals surface area contributed by atoms with Gasteiger partial charge in [-0.2, -0.15) is 0 Å². The van der Waals surface area contributed by atoms with E-state index in [9.17, 15) is 14.0 Å². The maximum Gasteiger partial charge on any atom is 0.335 e. The number of rotatable bonds is 3. The number of anilines is 1. The van der Waals surface area contributed by atoms with Crippen molar-refractivity contribution < 1.29 is 19.1 Å². The molecule has 0 spiro atoms. The topological polar surface area (TPSA) is 79.3 Å². The lowest BCUT2D eigenvalue weighted by Gasteiger charge is -2.13. The number of aromatic nitrogens is 1. The molecule has 22 heavy (non-hydrogen) atoms. The number of hydrogen-bond donors (Lipinski definition) is 2. The number of carbonyl (C=O) groups excluding carboxylic acids is 1. The molecular weight excluding hydrogens is 307 g/mol. The van der Waals surface area contributed by atoms with Gasteiger partial charge < -0.3 is 10.4 Å². The lowest BCUT2D eigenvalue weighted by molar-refractivity contribution is 0.0696. The SMILES string of the molecule is CC(C)(C)c1nc(C(=O)Nc2cc(C(=O)O)ccc2F)cs1. The minimum atomic E-state index is -1.20. The van der Waals surface area contributed by atoms with Crippen LogP contribution in [0.5, 0.6) is 0 Å². The molecule has 2 rings (SSSR count). The van der Waals surface area contributed by atoms with Gasteiger partial charge in [-0.15, -0.1) is 11.3 Å². The number of amides is 1. The van der Waals surface area contributed by atoms with Crippen molar-refractivity contribution in [3.8, 4) is 0 Å². The first-order valence-electron chi connectivity index (χ1n) is 6.48. The molecule has 2 N–H and O–H groups in total. The first kappa shape index (κ1) is 16.1. The standard InChI is InChI=1S/C15H15FN2O3S/c1-15(2,3)14-18-11(7-22-14)12(19)17-10-6-8(13(20)21)4-5-9(10)16/h4-7H,1-3H3,(H,17,19)(H,20,21). The Bertz CT molecular complexity index is 735. The van der Waals surface area contributed by atoms with Gasteiger partial charge in [-0.05, 0) is 18.2 Å². The minimum absolute atomic E-state index is 0.106. The molecule has 5 nitrogen and oxygen atoms in total. The molecule has 0 atom stereocenters. The van der Waals surface area contributed by atoms with Crippen molar-refractivity contribution in [1.82, 2.24) is 4.98 Å². The Morgan fingerprint density at radius 3 is 2.55 bits per heavy atom. The predicted octanol–water partition coefficient (Wildman–Crippen LogP) is 3.53. The summed E-state index contributed by atoms with van der Waals surface area (Å²) in [5, 5.41) is 13.6. The second-order valence-corrected chi connectivity index (χ2v) is 6.60. The molecular formula is C15H15FN2O3S. The molecule has 1 amide bonds. The molecule has 0 aliphatic heterocycles. The van der Waals surface area contributed by atoms with E-state index in [0.717, 1.165) is 23.2 Å². The van der Waals surface area contributed by atoms with Crippen molar-refractivity contribution in [3.63, 3.8) is 0 Å². The number of carboxylic acids is 1. The molecule has 1 aromatic heterocycles. The van der Waals surface area contributed by atoms with Gasteiger partial charge in [0.15, 0.2) is 0 Å². The average Bonchev–Trinajstić information content (AvgIpc) is 2.90. The van der Waals surface area contributed by atoms with E-state index >= 15 is 0 Å². The summed E-state index contributed by atoms with van der Waals surface area (Å²) in [4.78, 5) is 27.2. The third kappa shape index (κ3) is 3.48. The molecule has 0 saturated heterocycles. The molecule has 0 saturated carbocycles. The summed E-state index contributed by atoms with van der Waals surface area (Å²) < 4.78 is 13.7. The summed E-state index contributed by atoms with van der Waals surface area (Å²) in [5.41, 5.74) is -0.298. The van der Waals surface area contributed by atoms with Crippen LogP contribution in [0.1, 0.15) is 46.6 Å². The Labute approximate surface area is 130 Å². The highest BCUT2D eigenvalue weighted by Crippen LogP contribution is 2.26. The first-order chi connectivity index (χ1) is 10.2. The van der Waals surface area contributed by atoms with E-state index in [1.54, 1.807) is 5.38 Å². The third-order valence-corrected chi connectivity index (χ3v) is 4.11. The molecule has 116 valence electrons. The Morgan fingerprint density at radius 2 is 2.00 bits per heavy atom. The zero-order chi connectivity index (χ0) is 16.5. The molecule has 1 aromatic carbocycles. The van der Waals surface area contributed by atoms with Crippen molar-refractivity contribution in [1.29, 1.82) is 0 Å². The quantitative estimate of drug-likeness (QED) is 0.906. The fourth-order valence-electron chi connectivity index (χ4n) is 1.66. The molecule has 0 unspecified atom stereocenters. The lowest BCUT2D eigenvalue weighted by Crippen LogP contribution is -2.16. The lowest BCUT2D eigenvalue weighted by atomic mass is 9.98. The summed E-state index contributed by atoms with van der Waals surface area (Å²) in [6, 6.07) is 3.21. The molecule has 2 aromatic rings. The normalized spacial score (nSPS) is 11.3. The van der Waals surface area contributed by atoms with Crippen LogP contribution >= 0.6 is 11.3 Å². The molecule has 0 aliphatic carbocycles. The molecule has 7 heteroatoms. The van der Waals surface area contributed by atoms with Crippen LogP contribution in [0, 0.1) is 5.82 Å². The summed E-state index contributed by atoms with van der Waals surface area (Å²) in [5.74, 6) is -2.48. The Hall–Kier alpha value is -2.28. The van der Waals surface area contributed by atoms with Crippen LogP contribution in [0.3, 0.4) is 0 Å². The van der Waals surface area contributed by atoms with E-state index in [-0.39, 0.29) is 22.4 Å². The van der Waals surface area contributed by atoms with E-state index in [0.29, 0.717) is 0 Å². The van der Waals surface area contributed by atoms with Gasteiger partial charge in [0.1, 0.15) is 11.5 Å². The molecule has 0 bridgehead atoms. The number of hydrogen-bond acceptors (Lipinski definition) is 4. The second-order valence-electron chi connectivity index (χ2n) is 5.74. The van der Waals surface area contributed by atoms with Crippen molar-refractivity contribution >= 4 is 28.9 Å². The smallest absolute Gasteiger partial charge is 0.335 e. The molecule has 0 aliphatic rings. The molecule has 0 radical (unpaired) electrons. The van der Waals surface area contributed by atoms with Crippen LogP contribution in [0.15, 0.2) is 23.6 Å². The third-order valence-electron chi connectivity index (χ3n) is 2.84. The maximum absolute atomic E-state index is 13.7. The monoisotopic (exact) mass is 322 g/mol. The van der Waals surface area contributed by atoms with Gasteiger partial charge in [0.25, 0.3) is 5.91 Å². The number of nitrogens with zero attached hydrogens (tertiary/aromatic N) is 1. The summed E-state index contributed by atoms with van der Waals surface area (Å²) in [6.07, 6.45) is 0. The van der Waals surface area contributed by atoms with E-state index in [4.69, 9.17) is 5.11 Å². The zero-order valence-electron chi connectivity index (χ0n) is 12.3. The van der Waals surface area contributed by atoms with Gasteiger partial charge in [0, 0.05) is 10.8 Å². The maximum atomic E-state index is 13.7. The summed E-state index contributed by atoms with van der Waals surface area (Å²) in [6.45, 7) is 5.93. The Kier molecular flexibility index (Phi) is 4.27. The van der Waals surface area contributed by atoms with Crippen molar-refractivity contribution in [2.75, 3.05) is 5.32 Å². The van der Waals surface area contributed by atoms with Crippen LogP contribution in [-0.4, -0.2) is 22.0 Å². The highest BCUT2D eigenvalue weighted by atomic mass is 32.1. The average molecular weight is 322 g/mol. The summed E-state index contributed by atoms with van der Waals surface area (Å²) >= 11 is 1.35. The van der Waals surface area contributed by atoms with Gasteiger partial charge >= 0.3 is 5.97 Å². The number of halogens is 1. The number of benzene rings is 1. The van der Waals surface area contributed by atoms with Crippen molar-refractivity contribution in [2.45, 2.75) is 26.2 Å². The number of aromatic carboxylic acids is 1. The fraction of sp³-hybridized carbons (Fsp3) is 0.267. The Balaban J connectivity index is 2.24. The second kappa shape index (κ2) is 5.84. The van der Waals surface area contributed by atoms with Crippen molar-refractivity contribution in [3.05, 3.63) is 45.7 Å². The van der Waals surface area contributed by atoms with Gasteiger partial charge in [0.05, 0.1) is 16.3 Å². The zero-order valence-corrected chi connectivity index (χ0v) is 13.1. The highest BCUT2D eigenvalue weighted by Gasteiger charge is 2.21.